The van der Waals surface area contributed by atoms with Crippen LogP contribution in [0.3, 0.4) is 0 Å². The maximum Gasteiger partial charge on any atom is 0.488 e. The Morgan fingerprint density at radius 1 is 0.405 bits per heavy atom. The molecule has 7 aromatic rings. The van der Waals surface area contributed by atoms with Crippen LogP contribution in [0.25, 0.3) is 65.3 Å². The van der Waals surface area contributed by atoms with Crippen molar-refractivity contribution in [3.63, 3.8) is 0 Å². The van der Waals surface area contributed by atoms with E-state index in [0.717, 1.165) is 22.3 Å². The molecule has 0 amide bonds. The molecule has 0 heterocycles. The van der Waals surface area contributed by atoms with Gasteiger partial charge >= 0.3 is 7.12 Å². The third kappa shape index (κ3) is 3.52. The number of fused-ring (bicyclic) bond motifs is 7. The second kappa shape index (κ2) is 8.60. The van der Waals surface area contributed by atoms with E-state index in [1.165, 1.54) is 43.1 Å². The van der Waals surface area contributed by atoms with Crippen LogP contribution in [0.4, 0.5) is 0 Å². The first-order valence-corrected chi connectivity index (χ1v) is 12.5. The summed E-state index contributed by atoms with van der Waals surface area (Å²) in [7, 11) is -1.48. The lowest BCUT2D eigenvalue weighted by Crippen LogP contribution is -2.29. The summed E-state index contributed by atoms with van der Waals surface area (Å²) in [5.41, 5.74) is 4.96. The Morgan fingerprint density at radius 3 is 1.54 bits per heavy atom. The van der Waals surface area contributed by atoms with Gasteiger partial charge in [-0.15, -0.1) is 0 Å². The molecule has 2 N–H and O–H groups in total. The smallest absolute Gasteiger partial charge is 0.423 e. The highest BCUT2D eigenvalue weighted by molar-refractivity contribution is 6.58. The molecule has 7 aromatic carbocycles. The summed E-state index contributed by atoms with van der Waals surface area (Å²) in [4.78, 5) is 0. The average Bonchev–Trinajstić information content (AvgIpc) is 2.96. The van der Waals surface area contributed by atoms with Gasteiger partial charge in [-0.2, -0.15) is 0 Å². The Labute approximate surface area is 215 Å². The monoisotopic (exact) mass is 474 g/mol. The van der Waals surface area contributed by atoms with Crippen LogP contribution < -0.4 is 5.46 Å². The highest BCUT2D eigenvalue weighted by atomic mass is 16.4. The molecule has 0 saturated carbocycles. The fourth-order valence-electron chi connectivity index (χ4n) is 5.72. The van der Waals surface area contributed by atoms with Gasteiger partial charge in [0.15, 0.2) is 0 Å². The van der Waals surface area contributed by atoms with Gasteiger partial charge < -0.3 is 10.0 Å². The SMILES string of the molecule is OB(O)c1ccc(-c2c(-c3ccc4c5ccccc5c5ccccc5c4c3)ccc3ccccc23)cc1. The summed E-state index contributed by atoms with van der Waals surface area (Å²) in [5, 5.41) is 29.1. The maximum absolute atomic E-state index is 9.61. The normalized spacial score (nSPS) is 11.5. The second-order valence-corrected chi connectivity index (χ2v) is 9.56. The predicted molar refractivity (Wildman–Crippen MR) is 157 cm³/mol. The Balaban J connectivity index is 1.54. The van der Waals surface area contributed by atoms with Crippen LogP contribution in [0.2, 0.25) is 0 Å². The lowest BCUT2D eigenvalue weighted by Gasteiger charge is -2.16. The topological polar surface area (TPSA) is 40.5 Å². The molecule has 0 aliphatic rings. The van der Waals surface area contributed by atoms with Crippen LogP contribution >= 0.6 is 0 Å². The van der Waals surface area contributed by atoms with Crippen molar-refractivity contribution in [3.8, 4) is 22.3 Å². The quantitative estimate of drug-likeness (QED) is 0.208. The van der Waals surface area contributed by atoms with Gasteiger partial charge in [-0.25, -0.2) is 0 Å². The minimum Gasteiger partial charge on any atom is -0.423 e. The van der Waals surface area contributed by atoms with Crippen molar-refractivity contribution in [3.05, 3.63) is 127 Å². The third-order valence-electron chi connectivity index (χ3n) is 7.48. The van der Waals surface area contributed by atoms with Gasteiger partial charge in [0.25, 0.3) is 0 Å². The van der Waals surface area contributed by atoms with Crippen molar-refractivity contribution >= 4 is 55.7 Å². The molecule has 3 heteroatoms. The summed E-state index contributed by atoms with van der Waals surface area (Å²) >= 11 is 0. The molecule has 0 unspecified atom stereocenters. The van der Waals surface area contributed by atoms with Crippen molar-refractivity contribution in [1.82, 2.24) is 0 Å². The fraction of sp³-hybridized carbons (Fsp3) is 0. The first kappa shape index (κ1) is 21.8. The fourth-order valence-corrected chi connectivity index (χ4v) is 5.72. The average molecular weight is 474 g/mol. The Morgan fingerprint density at radius 2 is 0.919 bits per heavy atom. The van der Waals surface area contributed by atoms with E-state index < -0.39 is 7.12 Å². The lowest BCUT2D eigenvalue weighted by molar-refractivity contribution is 0.426. The van der Waals surface area contributed by atoms with E-state index >= 15 is 0 Å². The third-order valence-corrected chi connectivity index (χ3v) is 7.48. The van der Waals surface area contributed by atoms with Crippen LogP contribution in [-0.4, -0.2) is 17.2 Å². The summed E-state index contributed by atoms with van der Waals surface area (Å²) < 4.78 is 0. The molecule has 7 rings (SSSR count). The molecular formula is C34H23BO2. The molecule has 0 bridgehead atoms. The van der Waals surface area contributed by atoms with Crippen LogP contribution in [-0.2, 0) is 0 Å². The van der Waals surface area contributed by atoms with Crippen molar-refractivity contribution in [1.29, 1.82) is 0 Å². The summed E-state index contributed by atoms with van der Waals surface area (Å²) in [6.07, 6.45) is 0. The van der Waals surface area contributed by atoms with E-state index in [9.17, 15) is 10.0 Å². The molecule has 174 valence electrons. The molecule has 0 saturated heterocycles. The van der Waals surface area contributed by atoms with E-state index in [2.05, 4.69) is 103 Å². The maximum atomic E-state index is 9.61. The molecular weight excluding hydrogens is 451 g/mol. The van der Waals surface area contributed by atoms with Gasteiger partial charge in [0, 0.05) is 0 Å². The van der Waals surface area contributed by atoms with Crippen molar-refractivity contribution in [2.24, 2.45) is 0 Å². The molecule has 0 aliphatic heterocycles. The zero-order valence-corrected chi connectivity index (χ0v) is 20.1. The number of hydrogen-bond acceptors (Lipinski definition) is 2. The standard InChI is InChI=1S/C34H23BO2/c36-35(37)25-17-13-23(14-18-25)34-26-8-2-1-7-22(26)15-19-27(34)24-16-20-32-30-11-4-3-9-28(30)29-10-5-6-12-31(29)33(32)21-24/h1-21,36-37H. The highest BCUT2D eigenvalue weighted by Gasteiger charge is 2.16. The van der Waals surface area contributed by atoms with E-state index in [1.807, 2.05) is 12.1 Å². The lowest BCUT2D eigenvalue weighted by atomic mass is 9.79. The van der Waals surface area contributed by atoms with Crippen LogP contribution in [0.1, 0.15) is 0 Å². The van der Waals surface area contributed by atoms with Gasteiger partial charge in [0.2, 0.25) is 0 Å². The molecule has 2 nitrogen and oxygen atoms in total. The highest BCUT2D eigenvalue weighted by Crippen LogP contribution is 2.41. The number of benzene rings is 7. The molecule has 0 radical (unpaired) electrons. The van der Waals surface area contributed by atoms with Gasteiger partial charge in [-0.1, -0.05) is 121 Å². The summed E-state index contributed by atoms with van der Waals surface area (Å²) in [6, 6.07) is 44.4. The Kier molecular flexibility index (Phi) is 5.07. The molecule has 0 atom stereocenters. The van der Waals surface area contributed by atoms with Gasteiger partial charge in [0.05, 0.1) is 0 Å². The van der Waals surface area contributed by atoms with Crippen LogP contribution in [0.15, 0.2) is 127 Å². The van der Waals surface area contributed by atoms with Gasteiger partial charge in [0.1, 0.15) is 0 Å². The Bertz CT molecular complexity index is 1920. The van der Waals surface area contributed by atoms with E-state index in [0.29, 0.717) is 5.46 Å². The van der Waals surface area contributed by atoms with E-state index in [4.69, 9.17) is 0 Å². The molecule has 0 aromatic heterocycles. The second-order valence-electron chi connectivity index (χ2n) is 9.56. The molecule has 0 aliphatic carbocycles. The minimum atomic E-state index is -1.48. The predicted octanol–water partition coefficient (Wildman–Crippen LogP) is 7.31. The minimum absolute atomic E-state index is 0.481. The molecule has 37 heavy (non-hydrogen) atoms. The number of hydrogen-bond donors (Lipinski definition) is 2. The summed E-state index contributed by atoms with van der Waals surface area (Å²) in [5.74, 6) is 0. The van der Waals surface area contributed by atoms with Gasteiger partial charge in [-0.3, -0.25) is 0 Å². The summed E-state index contributed by atoms with van der Waals surface area (Å²) in [6.45, 7) is 0. The van der Waals surface area contributed by atoms with Crippen molar-refractivity contribution < 1.29 is 10.0 Å². The largest absolute Gasteiger partial charge is 0.488 e. The molecule has 0 fully saturated rings. The van der Waals surface area contributed by atoms with Gasteiger partial charge in [-0.05, 0) is 76.9 Å². The zero-order chi connectivity index (χ0) is 24.9. The van der Waals surface area contributed by atoms with E-state index in [1.54, 1.807) is 12.1 Å². The molecule has 0 spiro atoms. The number of rotatable bonds is 3. The van der Waals surface area contributed by atoms with Crippen LogP contribution in [0, 0.1) is 0 Å². The first-order valence-electron chi connectivity index (χ1n) is 12.5. The Hall–Kier alpha value is -4.44. The first-order chi connectivity index (χ1) is 18.2. The van der Waals surface area contributed by atoms with Crippen LogP contribution in [0.5, 0.6) is 0 Å². The van der Waals surface area contributed by atoms with E-state index in [-0.39, 0.29) is 0 Å². The zero-order valence-electron chi connectivity index (χ0n) is 20.1. The van der Waals surface area contributed by atoms with Crippen molar-refractivity contribution in [2.75, 3.05) is 0 Å². The van der Waals surface area contributed by atoms with Crippen molar-refractivity contribution in [2.45, 2.75) is 0 Å².